The summed E-state index contributed by atoms with van der Waals surface area (Å²) in [6, 6.07) is 6.40. The number of urea groups is 1. The minimum Gasteiger partial charge on any atom is -0.394 e. The second-order valence-corrected chi connectivity index (χ2v) is 6.73. The van der Waals surface area contributed by atoms with Crippen LogP contribution >= 0.6 is 0 Å². The molecule has 2 saturated heterocycles. The molecule has 132 valence electrons. The molecule has 0 spiro atoms. The molecular weight excluding hydrogens is 311 g/mol. The predicted octanol–water partition coefficient (Wildman–Crippen LogP) is 2.04. The van der Waals surface area contributed by atoms with Crippen LogP contribution in [0.25, 0.3) is 0 Å². The Hall–Kier alpha value is -1.66. The van der Waals surface area contributed by atoms with Crippen molar-refractivity contribution in [2.24, 2.45) is 0 Å². The van der Waals surface area contributed by atoms with Crippen molar-refractivity contribution in [2.45, 2.75) is 37.1 Å². The zero-order chi connectivity index (χ0) is 17.0. The Labute approximate surface area is 141 Å². The largest absolute Gasteiger partial charge is 0.394 e. The van der Waals surface area contributed by atoms with E-state index < -0.39 is 0 Å². The fourth-order valence-electron chi connectivity index (χ4n) is 3.79. The van der Waals surface area contributed by atoms with Gasteiger partial charge in [-0.2, -0.15) is 0 Å². The number of amides is 2. The highest BCUT2D eigenvalue weighted by Crippen LogP contribution is 2.34. The number of hydrogen-bond acceptors (Lipinski definition) is 3. The van der Waals surface area contributed by atoms with E-state index >= 15 is 0 Å². The van der Waals surface area contributed by atoms with E-state index in [4.69, 9.17) is 4.74 Å². The molecule has 0 bridgehead atoms. The average molecular weight is 336 g/mol. The summed E-state index contributed by atoms with van der Waals surface area (Å²) in [7, 11) is 0. The fraction of sp³-hybridized carbons (Fsp3) is 0.611. The highest BCUT2D eigenvalue weighted by molar-refractivity contribution is 5.75. The minimum absolute atomic E-state index is 0.00367. The monoisotopic (exact) mass is 336 g/mol. The maximum Gasteiger partial charge on any atom is 0.317 e. The Morgan fingerprint density at radius 2 is 2.21 bits per heavy atom. The number of carbonyl (C=O) groups excluding carboxylic acids is 1. The Balaban J connectivity index is 1.72. The number of nitrogens with one attached hydrogen (secondary N) is 1. The third-order valence-electron chi connectivity index (χ3n) is 5.31. The van der Waals surface area contributed by atoms with Gasteiger partial charge in [-0.25, -0.2) is 9.18 Å². The van der Waals surface area contributed by atoms with E-state index in [2.05, 4.69) is 5.32 Å². The molecule has 0 aromatic heterocycles. The predicted molar refractivity (Wildman–Crippen MR) is 88.3 cm³/mol. The third-order valence-corrected chi connectivity index (χ3v) is 5.31. The maximum atomic E-state index is 13.7. The van der Waals surface area contributed by atoms with Crippen LogP contribution < -0.4 is 5.32 Å². The van der Waals surface area contributed by atoms with E-state index in [0.29, 0.717) is 26.3 Å². The van der Waals surface area contributed by atoms with Crippen molar-refractivity contribution in [1.29, 1.82) is 0 Å². The van der Waals surface area contributed by atoms with Crippen LogP contribution in [-0.2, 0) is 10.2 Å². The van der Waals surface area contributed by atoms with Gasteiger partial charge < -0.3 is 20.1 Å². The normalized spacial score (nSPS) is 23.2. The van der Waals surface area contributed by atoms with E-state index in [1.807, 2.05) is 6.07 Å². The van der Waals surface area contributed by atoms with Crippen molar-refractivity contribution in [3.63, 3.8) is 0 Å². The second kappa shape index (κ2) is 7.49. The molecule has 1 aromatic carbocycles. The lowest BCUT2D eigenvalue weighted by Crippen LogP contribution is -2.50. The van der Waals surface area contributed by atoms with Crippen molar-refractivity contribution in [1.82, 2.24) is 10.2 Å². The van der Waals surface area contributed by atoms with Gasteiger partial charge in [0.25, 0.3) is 0 Å². The lowest BCUT2D eigenvalue weighted by molar-refractivity contribution is 0.0498. The van der Waals surface area contributed by atoms with Crippen molar-refractivity contribution in [3.05, 3.63) is 35.6 Å². The van der Waals surface area contributed by atoms with Crippen LogP contribution in [0.3, 0.4) is 0 Å². The molecule has 2 aliphatic heterocycles. The zero-order valence-electron chi connectivity index (χ0n) is 13.8. The van der Waals surface area contributed by atoms with Gasteiger partial charge in [0.1, 0.15) is 5.82 Å². The molecule has 5 nitrogen and oxygen atoms in total. The summed E-state index contributed by atoms with van der Waals surface area (Å²) in [5, 5.41) is 12.4. The summed E-state index contributed by atoms with van der Waals surface area (Å²) in [6.07, 6.45) is 3.26. The second-order valence-electron chi connectivity index (χ2n) is 6.73. The van der Waals surface area contributed by atoms with Crippen molar-refractivity contribution >= 4 is 6.03 Å². The van der Waals surface area contributed by atoms with Gasteiger partial charge in [0.15, 0.2) is 0 Å². The van der Waals surface area contributed by atoms with Crippen LogP contribution in [0.2, 0.25) is 0 Å². The molecule has 0 saturated carbocycles. The zero-order valence-corrected chi connectivity index (χ0v) is 13.8. The standard InChI is InChI=1S/C18H25FN2O3/c19-15-4-1-3-14(11-15)18(6-9-24-10-7-18)13-20-17(23)21-8-2-5-16(21)12-22/h1,3-4,11,16,22H,2,5-10,12-13H2,(H,20,23)/t16-/m0/s1. The van der Waals surface area contributed by atoms with Gasteiger partial charge in [0.2, 0.25) is 0 Å². The molecule has 0 unspecified atom stereocenters. The lowest BCUT2D eigenvalue weighted by atomic mass is 9.74. The molecular formula is C18H25FN2O3. The molecule has 0 aliphatic carbocycles. The summed E-state index contributed by atoms with van der Waals surface area (Å²) >= 11 is 0. The summed E-state index contributed by atoms with van der Waals surface area (Å²) in [5.74, 6) is -0.260. The van der Waals surface area contributed by atoms with Crippen molar-refractivity contribution < 1.29 is 19.0 Å². The molecule has 2 fully saturated rings. The molecule has 6 heteroatoms. The summed E-state index contributed by atoms with van der Waals surface area (Å²) < 4.78 is 19.1. The van der Waals surface area contributed by atoms with Crippen LogP contribution in [-0.4, -0.2) is 55.0 Å². The van der Waals surface area contributed by atoms with Gasteiger partial charge in [-0.1, -0.05) is 12.1 Å². The first-order valence-electron chi connectivity index (χ1n) is 8.64. The number of benzene rings is 1. The number of rotatable bonds is 4. The molecule has 3 rings (SSSR count). The van der Waals surface area contributed by atoms with Gasteiger partial charge in [0.05, 0.1) is 12.6 Å². The first-order chi connectivity index (χ1) is 11.6. The number of ether oxygens (including phenoxy) is 1. The van der Waals surface area contributed by atoms with Crippen LogP contribution in [0.5, 0.6) is 0 Å². The Kier molecular flexibility index (Phi) is 5.36. The first kappa shape index (κ1) is 17.2. The summed E-state index contributed by atoms with van der Waals surface area (Å²) in [5.41, 5.74) is 0.607. The number of hydrogen-bond donors (Lipinski definition) is 2. The van der Waals surface area contributed by atoms with E-state index in [1.165, 1.54) is 6.07 Å². The number of aliphatic hydroxyl groups excluding tert-OH is 1. The van der Waals surface area contributed by atoms with Crippen molar-refractivity contribution in [2.75, 3.05) is 32.9 Å². The molecule has 2 heterocycles. The smallest absolute Gasteiger partial charge is 0.317 e. The Morgan fingerprint density at radius 3 is 2.92 bits per heavy atom. The molecule has 1 aromatic rings. The fourth-order valence-corrected chi connectivity index (χ4v) is 3.79. The Bertz CT molecular complexity index is 575. The topological polar surface area (TPSA) is 61.8 Å². The van der Waals surface area contributed by atoms with E-state index in [9.17, 15) is 14.3 Å². The van der Waals surface area contributed by atoms with Gasteiger partial charge >= 0.3 is 6.03 Å². The molecule has 2 N–H and O–H groups in total. The van der Waals surface area contributed by atoms with Crippen molar-refractivity contribution in [3.8, 4) is 0 Å². The highest BCUT2D eigenvalue weighted by atomic mass is 19.1. The van der Waals surface area contributed by atoms with Crippen LogP contribution in [0.15, 0.2) is 24.3 Å². The number of carbonyl (C=O) groups is 1. The molecule has 2 aliphatic rings. The summed E-state index contributed by atoms with van der Waals surface area (Å²) in [4.78, 5) is 14.2. The SMILES string of the molecule is O=C(NCC1(c2cccc(F)c2)CCOCC1)N1CCC[C@H]1CO. The first-order valence-corrected chi connectivity index (χ1v) is 8.64. The number of nitrogens with zero attached hydrogens (tertiary/aromatic N) is 1. The van der Waals surface area contributed by atoms with Gasteiger partial charge in [0, 0.05) is 31.7 Å². The van der Waals surface area contributed by atoms with Gasteiger partial charge in [-0.05, 0) is 43.4 Å². The van der Waals surface area contributed by atoms with Gasteiger partial charge in [-0.3, -0.25) is 0 Å². The number of halogens is 1. The Morgan fingerprint density at radius 1 is 1.42 bits per heavy atom. The van der Waals surface area contributed by atoms with Gasteiger partial charge in [-0.15, -0.1) is 0 Å². The summed E-state index contributed by atoms with van der Waals surface area (Å²) in [6.45, 7) is 2.33. The maximum absolute atomic E-state index is 13.7. The lowest BCUT2D eigenvalue weighted by Gasteiger charge is -2.38. The van der Waals surface area contributed by atoms with E-state index in [1.54, 1.807) is 17.0 Å². The third kappa shape index (κ3) is 3.54. The quantitative estimate of drug-likeness (QED) is 0.884. The highest BCUT2D eigenvalue weighted by Gasteiger charge is 2.36. The van der Waals surface area contributed by atoms with Crippen LogP contribution in [0.1, 0.15) is 31.2 Å². The minimum atomic E-state index is -0.301. The van der Waals surface area contributed by atoms with Crippen LogP contribution in [0, 0.1) is 5.82 Å². The molecule has 2 amide bonds. The molecule has 24 heavy (non-hydrogen) atoms. The number of likely N-dealkylation sites (tertiary alicyclic amines) is 1. The van der Waals surface area contributed by atoms with E-state index in [-0.39, 0.29) is 29.9 Å². The van der Waals surface area contributed by atoms with E-state index in [0.717, 1.165) is 31.2 Å². The van der Waals surface area contributed by atoms with Crippen LogP contribution in [0.4, 0.5) is 9.18 Å². The molecule has 1 atom stereocenters. The molecule has 0 radical (unpaired) electrons. The average Bonchev–Trinajstić information content (AvgIpc) is 3.09. The number of aliphatic hydroxyl groups is 1.